The quantitative estimate of drug-likeness (QED) is 0.285. The van der Waals surface area contributed by atoms with Gasteiger partial charge in [0.1, 0.15) is 0 Å². The van der Waals surface area contributed by atoms with Crippen LogP contribution in [0.15, 0.2) is 30.3 Å². The van der Waals surface area contributed by atoms with Gasteiger partial charge in [0.15, 0.2) is 0 Å². The molecule has 0 aromatic heterocycles. The lowest BCUT2D eigenvalue weighted by atomic mass is 10.3. The number of nitrogens with zero attached hydrogens (tertiary/aromatic N) is 1. The van der Waals surface area contributed by atoms with E-state index >= 15 is 0 Å². The van der Waals surface area contributed by atoms with Crippen molar-refractivity contribution < 1.29 is 4.79 Å². The van der Waals surface area contributed by atoms with Crippen molar-refractivity contribution in [3.63, 3.8) is 0 Å². The summed E-state index contributed by atoms with van der Waals surface area (Å²) < 4.78 is 0. The minimum Gasteiger partial charge on any atom is -0.369 e. The zero-order valence-corrected chi connectivity index (χ0v) is 7.40. The average Bonchev–Trinajstić information content (AvgIpc) is 2.15. The standard InChI is InChI=1S/C8H11N5O/c9-7(10)12-13(8(11)14)6-4-2-1-3-5-6/h1-5H,(H2,11,14)(H4,9,10,12). The number of hydrazine groups is 1. The number of urea groups is 1. The largest absolute Gasteiger partial charge is 0.369 e. The first-order valence-electron chi connectivity index (χ1n) is 3.86. The number of benzene rings is 1. The van der Waals surface area contributed by atoms with Gasteiger partial charge in [-0.25, -0.2) is 9.80 Å². The fourth-order valence-electron chi connectivity index (χ4n) is 0.944. The number of rotatable bonds is 1. The molecular weight excluding hydrogens is 182 g/mol. The van der Waals surface area contributed by atoms with Gasteiger partial charge in [0.2, 0.25) is 5.96 Å². The molecule has 1 aromatic rings. The van der Waals surface area contributed by atoms with Crippen molar-refractivity contribution in [3.8, 4) is 0 Å². The number of carbonyl (C=O) groups excluding carboxylic acids is 1. The molecule has 74 valence electrons. The lowest BCUT2D eigenvalue weighted by Crippen LogP contribution is -2.51. The summed E-state index contributed by atoms with van der Waals surface area (Å²) in [6, 6.07) is 7.89. The molecular formula is C8H11N5O. The van der Waals surface area contributed by atoms with E-state index in [1.807, 2.05) is 0 Å². The molecule has 0 bridgehead atoms. The predicted octanol–water partition coefficient (Wildman–Crippen LogP) is -0.0302. The first kappa shape index (κ1) is 9.85. The lowest BCUT2D eigenvalue weighted by Gasteiger charge is -2.20. The molecule has 0 aliphatic carbocycles. The number of hydrogen-bond acceptors (Lipinski definition) is 2. The van der Waals surface area contributed by atoms with Crippen molar-refractivity contribution in [1.82, 2.24) is 5.43 Å². The average molecular weight is 193 g/mol. The van der Waals surface area contributed by atoms with Crippen molar-refractivity contribution in [3.05, 3.63) is 30.3 Å². The van der Waals surface area contributed by atoms with Crippen molar-refractivity contribution in [2.75, 3.05) is 5.01 Å². The second-order valence-electron chi connectivity index (χ2n) is 2.53. The Labute approximate surface area is 81.0 Å². The Morgan fingerprint density at radius 3 is 2.29 bits per heavy atom. The maximum Gasteiger partial charge on any atom is 0.338 e. The number of guanidine groups is 1. The Balaban J connectivity index is 2.89. The van der Waals surface area contributed by atoms with Gasteiger partial charge in [-0.1, -0.05) is 18.2 Å². The topological polar surface area (TPSA) is 108 Å². The van der Waals surface area contributed by atoms with Crippen LogP contribution in [-0.2, 0) is 0 Å². The van der Waals surface area contributed by atoms with Crippen LogP contribution in [0.3, 0.4) is 0 Å². The summed E-state index contributed by atoms with van der Waals surface area (Å²) >= 11 is 0. The molecule has 1 rings (SSSR count). The van der Waals surface area contributed by atoms with Gasteiger partial charge in [-0.05, 0) is 12.1 Å². The number of carbonyl (C=O) groups is 1. The number of hydrogen-bond donors (Lipinski definition) is 4. The Morgan fingerprint density at radius 1 is 1.29 bits per heavy atom. The number of primary amides is 1. The summed E-state index contributed by atoms with van der Waals surface area (Å²) in [5.41, 5.74) is 13.0. The van der Waals surface area contributed by atoms with Crippen molar-refractivity contribution in [1.29, 1.82) is 5.41 Å². The first-order chi connectivity index (χ1) is 6.61. The van der Waals surface area contributed by atoms with Crippen LogP contribution in [-0.4, -0.2) is 12.0 Å². The third-order valence-electron chi connectivity index (χ3n) is 1.47. The molecule has 2 amide bonds. The Kier molecular flexibility index (Phi) is 2.90. The Bertz CT molecular complexity index is 337. The van der Waals surface area contributed by atoms with E-state index in [2.05, 4.69) is 5.43 Å². The third kappa shape index (κ3) is 2.37. The van der Waals surface area contributed by atoms with Crippen LogP contribution < -0.4 is 21.9 Å². The summed E-state index contributed by atoms with van der Waals surface area (Å²) in [5.74, 6) is -0.354. The number of amides is 2. The molecule has 0 saturated heterocycles. The highest BCUT2D eigenvalue weighted by Gasteiger charge is 2.11. The first-order valence-corrected chi connectivity index (χ1v) is 3.86. The molecule has 0 saturated carbocycles. The fourth-order valence-corrected chi connectivity index (χ4v) is 0.944. The highest BCUT2D eigenvalue weighted by Crippen LogP contribution is 2.09. The Hall–Kier alpha value is -2.24. The van der Waals surface area contributed by atoms with Gasteiger partial charge >= 0.3 is 6.03 Å². The van der Waals surface area contributed by atoms with E-state index in [1.165, 1.54) is 0 Å². The van der Waals surface area contributed by atoms with Gasteiger partial charge in [-0.15, -0.1) is 0 Å². The molecule has 0 unspecified atom stereocenters. The number of nitrogens with one attached hydrogen (secondary N) is 2. The van der Waals surface area contributed by atoms with E-state index in [0.717, 1.165) is 5.01 Å². The molecule has 0 aliphatic heterocycles. The fraction of sp³-hybridized carbons (Fsp3) is 0. The smallest absolute Gasteiger partial charge is 0.338 e. The van der Waals surface area contributed by atoms with E-state index in [-0.39, 0.29) is 5.96 Å². The predicted molar refractivity (Wildman–Crippen MR) is 53.6 cm³/mol. The number of anilines is 1. The molecule has 0 fully saturated rings. The monoisotopic (exact) mass is 193 g/mol. The Morgan fingerprint density at radius 2 is 1.86 bits per heavy atom. The second-order valence-corrected chi connectivity index (χ2v) is 2.53. The number of nitrogens with two attached hydrogens (primary N) is 2. The normalized spacial score (nSPS) is 9.14. The summed E-state index contributed by atoms with van der Waals surface area (Å²) in [4.78, 5) is 11.0. The van der Waals surface area contributed by atoms with Crippen LogP contribution in [0, 0.1) is 5.41 Å². The van der Waals surface area contributed by atoms with Crippen molar-refractivity contribution in [2.24, 2.45) is 11.5 Å². The lowest BCUT2D eigenvalue weighted by molar-refractivity contribution is 0.253. The number of para-hydroxylation sites is 1. The van der Waals surface area contributed by atoms with Gasteiger partial charge in [-0.2, -0.15) is 0 Å². The molecule has 14 heavy (non-hydrogen) atoms. The molecule has 6 N–H and O–H groups in total. The third-order valence-corrected chi connectivity index (χ3v) is 1.47. The highest BCUT2D eigenvalue weighted by molar-refractivity contribution is 5.93. The highest BCUT2D eigenvalue weighted by atomic mass is 16.2. The van der Waals surface area contributed by atoms with Gasteiger partial charge in [0, 0.05) is 0 Å². The van der Waals surface area contributed by atoms with Gasteiger partial charge in [-0.3, -0.25) is 10.8 Å². The van der Waals surface area contributed by atoms with Crippen LogP contribution >= 0.6 is 0 Å². The van der Waals surface area contributed by atoms with E-state index in [9.17, 15) is 4.79 Å². The maximum absolute atomic E-state index is 11.0. The maximum atomic E-state index is 11.0. The van der Waals surface area contributed by atoms with Gasteiger partial charge in [0.05, 0.1) is 5.69 Å². The SMILES string of the molecule is N=C(N)NN(C(N)=O)c1ccccc1. The molecule has 6 nitrogen and oxygen atoms in total. The molecule has 0 radical (unpaired) electrons. The molecule has 0 aliphatic rings. The summed E-state index contributed by atoms with van der Waals surface area (Å²) in [7, 11) is 0. The summed E-state index contributed by atoms with van der Waals surface area (Å²) in [6.07, 6.45) is 0. The summed E-state index contributed by atoms with van der Waals surface area (Å²) in [6.45, 7) is 0. The zero-order chi connectivity index (χ0) is 10.6. The second kappa shape index (κ2) is 4.13. The van der Waals surface area contributed by atoms with Gasteiger partial charge < -0.3 is 11.5 Å². The van der Waals surface area contributed by atoms with Crippen LogP contribution in [0.2, 0.25) is 0 Å². The van der Waals surface area contributed by atoms with Crippen LogP contribution in [0.25, 0.3) is 0 Å². The van der Waals surface area contributed by atoms with Crippen molar-refractivity contribution in [2.45, 2.75) is 0 Å². The zero-order valence-electron chi connectivity index (χ0n) is 7.40. The van der Waals surface area contributed by atoms with E-state index in [0.29, 0.717) is 5.69 Å². The summed E-state index contributed by atoms with van der Waals surface area (Å²) in [5, 5.41) is 7.97. The van der Waals surface area contributed by atoms with E-state index < -0.39 is 6.03 Å². The van der Waals surface area contributed by atoms with Crippen LogP contribution in [0.5, 0.6) is 0 Å². The molecule has 0 spiro atoms. The van der Waals surface area contributed by atoms with Crippen molar-refractivity contribution >= 4 is 17.7 Å². The minimum atomic E-state index is -0.730. The molecule has 0 atom stereocenters. The van der Waals surface area contributed by atoms with Crippen LogP contribution in [0.4, 0.5) is 10.5 Å². The van der Waals surface area contributed by atoms with E-state index in [1.54, 1.807) is 30.3 Å². The molecule has 6 heteroatoms. The molecule has 0 heterocycles. The van der Waals surface area contributed by atoms with Crippen LogP contribution in [0.1, 0.15) is 0 Å². The molecule has 1 aromatic carbocycles. The van der Waals surface area contributed by atoms with Gasteiger partial charge in [0.25, 0.3) is 0 Å². The minimum absolute atomic E-state index is 0.354. The van der Waals surface area contributed by atoms with E-state index in [4.69, 9.17) is 16.9 Å².